The highest BCUT2D eigenvalue weighted by Gasteiger charge is 2.37. The lowest BCUT2D eigenvalue weighted by Crippen LogP contribution is -2.58. The molecule has 0 aliphatic carbocycles. The van der Waals surface area contributed by atoms with Gasteiger partial charge in [-0.2, -0.15) is 17.0 Å². The highest BCUT2D eigenvalue weighted by atomic mass is 32.2. The molecule has 28 heavy (non-hydrogen) atoms. The number of rotatable bonds is 5. The summed E-state index contributed by atoms with van der Waals surface area (Å²) < 4.78 is 39.6. The van der Waals surface area contributed by atoms with Crippen LogP contribution in [0.2, 0.25) is 0 Å². The summed E-state index contributed by atoms with van der Waals surface area (Å²) in [5.41, 5.74) is 0.688. The predicted octanol–water partition coefficient (Wildman–Crippen LogP) is 0.282. The number of anilines is 1. The maximum absolute atomic E-state index is 13.0. The number of amides is 1. The van der Waals surface area contributed by atoms with E-state index in [9.17, 15) is 13.2 Å². The number of morpholine rings is 1. The molecule has 1 amide bonds. The number of nitrogens with one attached hydrogen (secondary N) is 1. The zero-order valence-corrected chi connectivity index (χ0v) is 17.6. The molecule has 2 aliphatic heterocycles. The highest BCUT2D eigenvalue weighted by molar-refractivity contribution is 7.86. The van der Waals surface area contributed by atoms with Crippen LogP contribution in [-0.4, -0.2) is 90.5 Å². The molecule has 0 radical (unpaired) electrons. The number of aryl methyl sites for hydroxylation is 1. The molecule has 1 N–H and O–H groups in total. The monoisotopic (exact) mass is 415 g/mol. The molecule has 0 saturated carbocycles. The van der Waals surface area contributed by atoms with Crippen LogP contribution in [0.25, 0.3) is 0 Å². The van der Waals surface area contributed by atoms with E-state index in [2.05, 4.69) is 10.5 Å². The molecule has 3 atom stereocenters. The number of hydrogen-bond acceptors (Lipinski definition) is 7. The van der Waals surface area contributed by atoms with Crippen molar-refractivity contribution in [2.45, 2.75) is 45.9 Å². The zero-order chi connectivity index (χ0) is 20.5. The Kier molecular flexibility index (Phi) is 6.40. The van der Waals surface area contributed by atoms with E-state index in [1.807, 2.05) is 18.7 Å². The molecule has 0 bridgehead atoms. The quantitative estimate of drug-likeness (QED) is 0.736. The second kappa shape index (κ2) is 8.46. The number of hydrogen-bond donors (Lipinski definition) is 1. The molecule has 0 aromatic carbocycles. The topological polar surface area (TPSA) is 108 Å². The second-order valence-corrected chi connectivity index (χ2v) is 9.44. The average Bonchev–Trinajstić information content (AvgIpc) is 3.05. The van der Waals surface area contributed by atoms with Gasteiger partial charge in [-0.1, -0.05) is 5.16 Å². The van der Waals surface area contributed by atoms with E-state index >= 15 is 0 Å². The second-order valence-electron chi connectivity index (χ2n) is 7.51. The molecule has 1 aromatic heterocycles. The van der Waals surface area contributed by atoms with Crippen molar-refractivity contribution in [3.05, 3.63) is 11.8 Å². The van der Waals surface area contributed by atoms with E-state index in [0.29, 0.717) is 50.8 Å². The van der Waals surface area contributed by atoms with Crippen LogP contribution in [0.15, 0.2) is 10.6 Å². The Labute approximate surface area is 165 Å². The van der Waals surface area contributed by atoms with Crippen molar-refractivity contribution < 1.29 is 22.5 Å². The minimum atomic E-state index is -3.53. The first kappa shape index (κ1) is 21.2. The summed E-state index contributed by atoms with van der Waals surface area (Å²) in [6.07, 6.45) is -0.244. The molecular weight excluding hydrogens is 386 g/mol. The van der Waals surface area contributed by atoms with Gasteiger partial charge in [0.1, 0.15) is 0 Å². The summed E-state index contributed by atoms with van der Waals surface area (Å²) in [4.78, 5) is 14.4. The molecule has 3 rings (SSSR count). The normalized spacial score (nSPS) is 26.9. The molecule has 0 unspecified atom stereocenters. The minimum Gasteiger partial charge on any atom is -0.373 e. The predicted molar refractivity (Wildman–Crippen MR) is 103 cm³/mol. The fourth-order valence-electron chi connectivity index (χ4n) is 3.62. The van der Waals surface area contributed by atoms with Crippen molar-refractivity contribution in [1.29, 1.82) is 0 Å². The van der Waals surface area contributed by atoms with Crippen LogP contribution in [0, 0.1) is 6.92 Å². The number of ether oxygens (including phenoxy) is 1. The molecule has 11 heteroatoms. The van der Waals surface area contributed by atoms with Gasteiger partial charge in [0.25, 0.3) is 10.2 Å². The van der Waals surface area contributed by atoms with Crippen LogP contribution < -0.4 is 5.32 Å². The van der Waals surface area contributed by atoms with Gasteiger partial charge in [-0.15, -0.1) is 0 Å². The van der Waals surface area contributed by atoms with Crippen LogP contribution >= 0.6 is 0 Å². The minimum absolute atomic E-state index is 0.122. The Hall–Kier alpha value is -1.53. The molecule has 2 fully saturated rings. The molecule has 0 spiro atoms. The van der Waals surface area contributed by atoms with Gasteiger partial charge in [0.05, 0.1) is 23.9 Å². The lowest BCUT2D eigenvalue weighted by Gasteiger charge is -2.41. The fourth-order valence-corrected chi connectivity index (χ4v) is 5.37. The van der Waals surface area contributed by atoms with Gasteiger partial charge in [-0.3, -0.25) is 15.0 Å². The third kappa shape index (κ3) is 4.71. The molecular formula is C17H29N5O5S. The van der Waals surface area contributed by atoms with Crippen molar-refractivity contribution in [2.24, 2.45) is 0 Å². The van der Waals surface area contributed by atoms with Gasteiger partial charge in [-0.25, -0.2) is 0 Å². The van der Waals surface area contributed by atoms with Crippen LogP contribution in [0.3, 0.4) is 0 Å². The number of piperazine rings is 1. The first-order valence-electron chi connectivity index (χ1n) is 9.55. The molecule has 1 aromatic rings. The van der Waals surface area contributed by atoms with Crippen molar-refractivity contribution in [3.63, 3.8) is 0 Å². The van der Waals surface area contributed by atoms with Crippen LogP contribution in [0.1, 0.15) is 26.5 Å². The smallest absolute Gasteiger partial charge is 0.282 e. The lowest BCUT2D eigenvalue weighted by molar-refractivity contribution is -0.121. The first-order chi connectivity index (χ1) is 13.2. The summed E-state index contributed by atoms with van der Waals surface area (Å²) in [5.74, 6) is 0.106. The zero-order valence-electron chi connectivity index (χ0n) is 16.8. The van der Waals surface area contributed by atoms with E-state index in [1.165, 1.54) is 8.61 Å². The van der Waals surface area contributed by atoms with Crippen molar-refractivity contribution in [1.82, 2.24) is 18.7 Å². The Bertz CT molecular complexity index is 780. The van der Waals surface area contributed by atoms with Crippen molar-refractivity contribution in [2.75, 3.05) is 44.6 Å². The molecule has 2 saturated heterocycles. The van der Waals surface area contributed by atoms with E-state index < -0.39 is 16.3 Å². The third-order valence-electron chi connectivity index (χ3n) is 5.11. The van der Waals surface area contributed by atoms with Gasteiger partial charge in [-0.05, 0) is 27.7 Å². The van der Waals surface area contributed by atoms with Crippen LogP contribution in [-0.2, 0) is 19.7 Å². The molecule has 2 aliphatic rings. The van der Waals surface area contributed by atoms with E-state index in [-0.39, 0.29) is 18.1 Å². The lowest BCUT2D eigenvalue weighted by atomic mass is 10.2. The number of carbonyl (C=O) groups is 1. The maximum Gasteiger partial charge on any atom is 0.282 e. The largest absolute Gasteiger partial charge is 0.373 e. The van der Waals surface area contributed by atoms with Crippen molar-refractivity contribution in [3.8, 4) is 0 Å². The standard InChI is InChI=1S/C17H29N5O5S/c1-12-9-16(27-19-12)18-17(23)15(4)20-5-7-21(8-6-20)28(24,25)22-10-13(2)26-14(3)11-22/h9,13-15H,5-8,10-11H2,1-4H3,(H,18,23)/t13-,14-,15+/m1/s1. The first-order valence-corrected chi connectivity index (χ1v) is 11.0. The van der Waals surface area contributed by atoms with Crippen LogP contribution in [0.4, 0.5) is 5.88 Å². The SMILES string of the molecule is Cc1cc(NC(=O)[C@H](C)N2CCN(S(=O)(=O)N3C[C@@H](C)O[C@H](C)C3)CC2)on1. The highest BCUT2D eigenvalue weighted by Crippen LogP contribution is 2.20. The fraction of sp³-hybridized carbons (Fsp3) is 0.765. The number of aromatic nitrogens is 1. The average molecular weight is 416 g/mol. The number of carbonyl (C=O) groups excluding carboxylic acids is 1. The van der Waals surface area contributed by atoms with E-state index in [0.717, 1.165) is 0 Å². The Morgan fingerprint density at radius 1 is 1.18 bits per heavy atom. The van der Waals surface area contributed by atoms with Gasteiger partial charge < -0.3 is 9.26 Å². The Balaban J connectivity index is 1.55. The van der Waals surface area contributed by atoms with Gasteiger partial charge in [0, 0.05) is 45.3 Å². The van der Waals surface area contributed by atoms with Crippen molar-refractivity contribution >= 4 is 22.0 Å². The Morgan fingerprint density at radius 3 is 2.32 bits per heavy atom. The van der Waals surface area contributed by atoms with Crippen LogP contribution in [0.5, 0.6) is 0 Å². The Morgan fingerprint density at radius 2 is 1.79 bits per heavy atom. The molecule has 3 heterocycles. The number of nitrogens with zero attached hydrogens (tertiary/aromatic N) is 4. The molecule has 10 nitrogen and oxygen atoms in total. The van der Waals surface area contributed by atoms with E-state index in [4.69, 9.17) is 9.26 Å². The summed E-state index contributed by atoms with van der Waals surface area (Å²) >= 11 is 0. The maximum atomic E-state index is 13.0. The summed E-state index contributed by atoms with van der Waals surface area (Å²) in [7, 11) is -3.53. The van der Waals surface area contributed by atoms with Gasteiger partial charge >= 0.3 is 0 Å². The summed E-state index contributed by atoms with van der Waals surface area (Å²) in [6.45, 7) is 9.73. The molecule has 158 valence electrons. The summed E-state index contributed by atoms with van der Waals surface area (Å²) in [6, 6.07) is 1.25. The van der Waals surface area contributed by atoms with Gasteiger partial charge in [0.15, 0.2) is 0 Å². The van der Waals surface area contributed by atoms with E-state index in [1.54, 1.807) is 19.9 Å². The van der Waals surface area contributed by atoms with Gasteiger partial charge in [0.2, 0.25) is 11.8 Å². The summed E-state index contributed by atoms with van der Waals surface area (Å²) in [5, 5.41) is 6.44. The third-order valence-corrected chi connectivity index (χ3v) is 7.08.